The van der Waals surface area contributed by atoms with Crippen molar-refractivity contribution in [3.8, 4) is 5.75 Å². The summed E-state index contributed by atoms with van der Waals surface area (Å²) in [6, 6.07) is 8.64. The first-order valence-electron chi connectivity index (χ1n) is 6.63. The van der Waals surface area contributed by atoms with Crippen molar-refractivity contribution in [2.75, 3.05) is 7.11 Å². The zero-order valence-electron chi connectivity index (χ0n) is 11.8. The van der Waals surface area contributed by atoms with Crippen LogP contribution in [-0.2, 0) is 0 Å². The lowest BCUT2D eigenvalue weighted by atomic mass is 10.2. The number of hydrogen-bond acceptors (Lipinski definition) is 1. The van der Waals surface area contributed by atoms with Gasteiger partial charge in [-0.2, -0.15) is 0 Å². The number of benzene rings is 1. The van der Waals surface area contributed by atoms with Gasteiger partial charge in [0, 0.05) is 0 Å². The van der Waals surface area contributed by atoms with Crippen LogP contribution < -0.4 is 9.92 Å². The van der Waals surface area contributed by atoms with Crippen molar-refractivity contribution in [3.63, 3.8) is 0 Å². The molecule has 0 spiro atoms. The highest BCUT2D eigenvalue weighted by molar-refractivity contribution is 6.95. The van der Waals surface area contributed by atoms with E-state index in [-0.39, 0.29) is 0 Å². The van der Waals surface area contributed by atoms with Crippen LogP contribution in [0.2, 0.25) is 13.1 Å². The lowest BCUT2D eigenvalue weighted by molar-refractivity contribution is 0.415. The second-order valence-electron chi connectivity index (χ2n) is 5.32. The predicted molar refractivity (Wildman–Crippen MR) is 81.2 cm³/mol. The zero-order chi connectivity index (χ0) is 13.2. The van der Waals surface area contributed by atoms with Crippen LogP contribution in [0, 0.1) is 0 Å². The molecule has 0 saturated carbocycles. The number of ether oxygens (including phenoxy) is 1. The number of rotatable bonds is 4. The van der Waals surface area contributed by atoms with Crippen molar-refractivity contribution in [2.45, 2.75) is 32.9 Å². The summed E-state index contributed by atoms with van der Waals surface area (Å²) < 4.78 is 5.24. The first-order chi connectivity index (χ1) is 8.59. The van der Waals surface area contributed by atoms with Gasteiger partial charge in [0.1, 0.15) is 13.8 Å². The van der Waals surface area contributed by atoms with E-state index >= 15 is 0 Å². The summed E-state index contributed by atoms with van der Waals surface area (Å²) in [4.78, 5) is 0. The fourth-order valence-electron chi connectivity index (χ4n) is 2.72. The molecule has 18 heavy (non-hydrogen) atoms. The van der Waals surface area contributed by atoms with E-state index in [0.29, 0.717) is 0 Å². The van der Waals surface area contributed by atoms with Gasteiger partial charge in [0.05, 0.1) is 7.11 Å². The Morgan fingerprint density at radius 3 is 2.39 bits per heavy atom. The summed E-state index contributed by atoms with van der Waals surface area (Å²) in [6.45, 7) is 7.16. The van der Waals surface area contributed by atoms with Gasteiger partial charge in [0.25, 0.3) is 0 Å². The molecule has 1 aromatic rings. The van der Waals surface area contributed by atoms with Crippen LogP contribution in [-0.4, -0.2) is 15.2 Å². The van der Waals surface area contributed by atoms with Gasteiger partial charge in [0.15, 0.2) is 0 Å². The molecule has 2 rings (SSSR count). The fourth-order valence-corrected chi connectivity index (χ4v) is 5.76. The van der Waals surface area contributed by atoms with Gasteiger partial charge in [-0.05, 0) is 25.0 Å². The monoisotopic (exact) mass is 258 g/mol. The van der Waals surface area contributed by atoms with Crippen molar-refractivity contribution in [1.29, 1.82) is 0 Å². The van der Waals surface area contributed by atoms with Crippen LogP contribution in [0.4, 0.5) is 0 Å². The summed E-state index contributed by atoms with van der Waals surface area (Å²) in [5, 5.41) is 3.18. The maximum Gasteiger partial charge on any atom is 0.118 e. The Labute approximate surface area is 111 Å². The molecule has 1 aromatic carbocycles. The molecule has 0 amide bonds. The Morgan fingerprint density at radius 1 is 1.17 bits per heavy atom. The second-order valence-corrected chi connectivity index (χ2v) is 9.75. The lowest BCUT2D eigenvalue weighted by Crippen LogP contribution is -2.43. The molecule has 0 atom stereocenters. The highest BCUT2D eigenvalue weighted by atomic mass is 28.3. The molecule has 0 N–H and O–H groups in total. The van der Waals surface area contributed by atoms with Gasteiger partial charge in [-0.1, -0.05) is 60.3 Å². The molecule has 0 saturated heterocycles. The molecule has 0 aromatic heterocycles. The summed E-state index contributed by atoms with van der Waals surface area (Å²) in [5.74, 6) is 0.942. The van der Waals surface area contributed by atoms with E-state index < -0.39 is 8.07 Å². The Bertz CT molecular complexity index is 480. The zero-order valence-corrected chi connectivity index (χ0v) is 12.8. The minimum atomic E-state index is -1.50. The Kier molecular flexibility index (Phi) is 3.76. The van der Waals surface area contributed by atoms with E-state index in [1.165, 1.54) is 5.19 Å². The van der Waals surface area contributed by atoms with Crippen molar-refractivity contribution in [2.24, 2.45) is 0 Å². The van der Waals surface area contributed by atoms with Gasteiger partial charge in [0.2, 0.25) is 0 Å². The van der Waals surface area contributed by atoms with Gasteiger partial charge in [-0.25, -0.2) is 0 Å². The molecule has 0 unspecified atom stereocenters. The summed E-state index contributed by atoms with van der Waals surface area (Å²) in [7, 11) is 0.214. The van der Waals surface area contributed by atoms with Crippen LogP contribution in [0.3, 0.4) is 0 Å². The van der Waals surface area contributed by atoms with E-state index in [2.05, 4.69) is 56.4 Å². The number of allylic oxidation sites excluding steroid dienone is 4. The molecule has 2 heteroatoms. The minimum Gasteiger partial charge on any atom is -0.497 e. The van der Waals surface area contributed by atoms with E-state index in [9.17, 15) is 0 Å². The van der Waals surface area contributed by atoms with Crippen molar-refractivity contribution in [1.82, 2.24) is 0 Å². The predicted octanol–water partition coefficient (Wildman–Crippen LogP) is 3.82. The first kappa shape index (κ1) is 13.2. The van der Waals surface area contributed by atoms with E-state index in [4.69, 9.17) is 4.74 Å². The molecule has 0 radical (unpaired) electrons. The SMILES string of the molecule is CCC1=C([Si](C)(C)c2ccc(OC)cc2)CC=C1. The molecule has 1 aliphatic rings. The molecule has 96 valence electrons. The van der Waals surface area contributed by atoms with E-state index in [1.54, 1.807) is 17.9 Å². The standard InChI is InChI=1S/C16H22OSi/c1-5-13-7-6-8-16(13)18(3,4)15-11-9-14(17-2)10-12-15/h6-7,9-12H,5,8H2,1-4H3. The average molecular weight is 258 g/mol. The fraction of sp³-hybridized carbons (Fsp3) is 0.375. The largest absolute Gasteiger partial charge is 0.497 e. The minimum absolute atomic E-state index is 0.942. The molecule has 1 nitrogen and oxygen atoms in total. The van der Waals surface area contributed by atoms with Gasteiger partial charge < -0.3 is 4.74 Å². The van der Waals surface area contributed by atoms with Crippen molar-refractivity contribution >= 4 is 13.3 Å². The Hall–Kier alpha value is -1.28. The van der Waals surface area contributed by atoms with Crippen LogP contribution in [0.25, 0.3) is 0 Å². The highest BCUT2D eigenvalue weighted by Crippen LogP contribution is 2.30. The van der Waals surface area contributed by atoms with Gasteiger partial charge in [-0.3, -0.25) is 0 Å². The van der Waals surface area contributed by atoms with E-state index in [1.807, 2.05) is 0 Å². The van der Waals surface area contributed by atoms with Gasteiger partial charge in [-0.15, -0.1) is 0 Å². The first-order valence-corrected chi connectivity index (χ1v) is 9.63. The van der Waals surface area contributed by atoms with Crippen LogP contribution >= 0.6 is 0 Å². The highest BCUT2D eigenvalue weighted by Gasteiger charge is 2.30. The average Bonchev–Trinajstić information content (AvgIpc) is 2.88. The van der Waals surface area contributed by atoms with Crippen LogP contribution in [0.5, 0.6) is 5.75 Å². The molecule has 0 heterocycles. The van der Waals surface area contributed by atoms with Crippen molar-refractivity contribution in [3.05, 3.63) is 47.2 Å². The third-order valence-electron chi connectivity index (χ3n) is 3.98. The molecular formula is C16H22OSi. The third kappa shape index (κ3) is 2.30. The molecule has 0 fully saturated rings. The van der Waals surface area contributed by atoms with E-state index in [0.717, 1.165) is 18.6 Å². The van der Waals surface area contributed by atoms with Crippen LogP contribution in [0.15, 0.2) is 47.2 Å². The van der Waals surface area contributed by atoms with Crippen molar-refractivity contribution < 1.29 is 4.74 Å². The molecular weight excluding hydrogens is 236 g/mol. The summed E-state index contributed by atoms with van der Waals surface area (Å²) in [6.07, 6.45) is 6.92. The second kappa shape index (κ2) is 5.15. The normalized spacial score (nSPS) is 15.3. The molecule has 0 aliphatic heterocycles. The number of methoxy groups -OCH3 is 1. The topological polar surface area (TPSA) is 9.23 Å². The Morgan fingerprint density at radius 2 is 1.83 bits per heavy atom. The maximum atomic E-state index is 5.24. The lowest BCUT2D eigenvalue weighted by Gasteiger charge is -2.26. The quantitative estimate of drug-likeness (QED) is 0.746. The van der Waals surface area contributed by atoms with Crippen LogP contribution in [0.1, 0.15) is 19.8 Å². The summed E-state index contributed by atoms with van der Waals surface area (Å²) >= 11 is 0. The Balaban J connectivity index is 2.35. The smallest absolute Gasteiger partial charge is 0.118 e. The molecule has 0 bridgehead atoms. The number of hydrogen-bond donors (Lipinski definition) is 0. The third-order valence-corrected chi connectivity index (χ3v) is 7.79. The summed E-state index contributed by atoms with van der Waals surface area (Å²) in [5.41, 5.74) is 1.56. The maximum absolute atomic E-state index is 5.24. The van der Waals surface area contributed by atoms with Gasteiger partial charge >= 0.3 is 0 Å². The molecule has 1 aliphatic carbocycles.